The summed E-state index contributed by atoms with van der Waals surface area (Å²) in [7, 11) is 0. The fourth-order valence-electron chi connectivity index (χ4n) is 4.91. The first-order valence-electron chi connectivity index (χ1n) is 12.6. The first-order chi connectivity index (χ1) is 17.7. The third kappa shape index (κ3) is 5.42. The minimum absolute atomic E-state index is 0.0375. The van der Waals surface area contributed by atoms with E-state index in [1.807, 2.05) is 43.7 Å². The van der Waals surface area contributed by atoms with E-state index >= 15 is 0 Å². The van der Waals surface area contributed by atoms with Crippen LogP contribution in [0.4, 0.5) is 15.0 Å². The summed E-state index contributed by atoms with van der Waals surface area (Å²) in [6, 6.07) is 8.50. The molecule has 3 aromatic rings. The van der Waals surface area contributed by atoms with Crippen LogP contribution in [-0.2, 0) is 17.7 Å². The molecule has 4 heterocycles. The summed E-state index contributed by atoms with van der Waals surface area (Å²) in [6.07, 6.45) is 4.44. The number of benzene rings is 1. The van der Waals surface area contributed by atoms with Crippen molar-refractivity contribution in [3.8, 4) is 5.82 Å². The van der Waals surface area contributed by atoms with E-state index in [9.17, 15) is 9.18 Å². The van der Waals surface area contributed by atoms with Gasteiger partial charge in [0.15, 0.2) is 5.82 Å². The van der Waals surface area contributed by atoms with Crippen molar-refractivity contribution in [2.75, 3.05) is 11.9 Å². The molecule has 1 saturated heterocycles. The predicted octanol–water partition coefficient (Wildman–Crippen LogP) is 3.71. The minimum Gasteiger partial charge on any atom is -0.444 e. The van der Waals surface area contributed by atoms with E-state index in [1.165, 1.54) is 18.5 Å². The molecule has 37 heavy (non-hydrogen) atoms. The van der Waals surface area contributed by atoms with Crippen molar-refractivity contribution >= 4 is 11.9 Å². The molecule has 10 nitrogen and oxygen atoms in total. The second-order valence-corrected chi connectivity index (χ2v) is 10.5. The molecule has 0 aliphatic carbocycles. The molecule has 11 heteroatoms. The van der Waals surface area contributed by atoms with Crippen LogP contribution in [0.1, 0.15) is 57.0 Å². The summed E-state index contributed by atoms with van der Waals surface area (Å²) < 4.78 is 20.7. The van der Waals surface area contributed by atoms with Crippen LogP contribution in [0.25, 0.3) is 5.82 Å². The molecule has 5 rings (SSSR count). The van der Waals surface area contributed by atoms with E-state index in [-0.39, 0.29) is 30.0 Å². The molecule has 3 atom stereocenters. The number of aromatic nitrogens is 4. The van der Waals surface area contributed by atoms with E-state index in [0.717, 1.165) is 23.2 Å². The number of carbonyl (C=O) groups is 1. The van der Waals surface area contributed by atoms with Crippen molar-refractivity contribution < 1.29 is 13.9 Å². The molecule has 2 aromatic heterocycles. The van der Waals surface area contributed by atoms with Gasteiger partial charge < -0.3 is 15.0 Å². The van der Waals surface area contributed by atoms with Crippen LogP contribution in [0.2, 0.25) is 0 Å². The second kappa shape index (κ2) is 10.1. The Labute approximate surface area is 215 Å². The molecule has 0 bridgehead atoms. The molecule has 3 N–H and O–H groups in total. The number of halogens is 1. The average Bonchev–Trinajstić information content (AvgIpc) is 3.47. The van der Waals surface area contributed by atoms with Gasteiger partial charge in [-0.15, -0.1) is 0 Å². The van der Waals surface area contributed by atoms with E-state index < -0.39 is 5.60 Å². The summed E-state index contributed by atoms with van der Waals surface area (Å²) in [4.78, 5) is 23.1. The Morgan fingerprint density at radius 1 is 1.22 bits per heavy atom. The highest BCUT2D eigenvalue weighted by Gasteiger charge is 2.36. The highest BCUT2D eigenvalue weighted by Crippen LogP contribution is 2.32. The number of hydrogen-bond acceptors (Lipinski definition) is 8. The molecule has 0 radical (unpaired) electrons. The van der Waals surface area contributed by atoms with Crippen LogP contribution < -0.4 is 16.2 Å². The van der Waals surface area contributed by atoms with E-state index in [2.05, 4.69) is 38.2 Å². The Bertz CT molecular complexity index is 1260. The van der Waals surface area contributed by atoms with Gasteiger partial charge in [-0.05, 0) is 44.9 Å². The topological polar surface area (TPSA) is 109 Å². The number of rotatable bonds is 5. The van der Waals surface area contributed by atoms with Gasteiger partial charge in [0.25, 0.3) is 0 Å². The van der Waals surface area contributed by atoms with Gasteiger partial charge in [-0.3, -0.25) is 0 Å². The van der Waals surface area contributed by atoms with Gasteiger partial charge in [0, 0.05) is 30.5 Å². The van der Waals surface area contributed by atoms with Gasteiger partial charge >= 0.3 is 6.09 Å². The van der Waals surface area contributed by atoms with Gasteiger partial charge in [0.1, 0.15) is 23.6 Å². The molecular weight excluding hydrogens is 475 g/mol. The fraction of sp³-hybridized carbons (Fsp3) is 0.462. The number of anilines is 1. The van der Waals surface area contributed by atoms with Crippen molar-refractivity contribution in [3.63, 3.8) is 0 Å². The Hall–Kier alpha value is -3.57. The lowest BCUT2D eigenvalue weighted by molar-refractivity contribution is 0.0223. The lowest BCUT2D eigenvalue weighted by atomic mass is 9.90. The highest BCUT2D eigenvalue weighted by molar-refractivity contribution is 5.68. The van der Waals surface area contributed by atoms with Crippen molar-refractivity contribution in [1.82, 2.24) is 35.5 Å². The molecule has 1 amide bonds. The molecule has 2 aliphatic heterocycles. The summed E-state index contributed by atoms with van der Waals surface area (Å²) in [6.45, 7) is 8.71. The molecule has 2 aliphatic rings. The normalized spacial score (nSPS) is 21.5. The molecule has 0 saturated carbocycles. The average molecular weight is 509 g/mol. The third-order valence-corrected chi connectivity index (χ3v) is 6.71. The van der Waals surface area contributed by atoms with Gasteiger partial charge in [0.2, 0.25) is 0 Å². The maximum Gasteiger partial charge on any atom is 0.410 e. The van der Waals surface area contributed by atoms with Crippen LogP contribution in [0, 0.1) is 11.7 Å². The van der Waals surface area contributed by atoms with Crippen LogP contribution in [0.3, 0.4) is 0 Å². The van der Waals surface area contributed by atoms with Gasteiger partial charge in [0.05, 0.1) is 30.6 Å². The molecule has 1 fully saturated rings. The number of ether oxygens (including phenoxy) is 1. The first-order valence-corrected chi connectivity index (χ1v) is 12.6. The number of carbonyl (C=O) groups excluding carboxylic acids is 1. The van der Waals surface area contributed by atoms with Crippen LogP contribution in [0.5, 0.6) is 0 Å². The lowest BCUT2D eigenvalue weighted by Gasteiger charge is -2.30. The SMILES string of the molecule is CCC1C(Nc2cc(-n3ncc4c3CCN(C(=O)OC(C)(C)C)C4)ncn2)NNC1c1ccc(F)cc1. The number of hydrogen-bond donors (Lipinski definition) is 3. The zero-order valence-corrected chi connectivity index (χ0v) is 21.5. The maximum absolute atomic E-state index is 13.4. The maximum atomic E-state index is 13.4. The summed E-state index contributed by atoms with van der Waals surface area (Å²) >= 11 is 0. The zero-order chi connectivity index (χ0) is 26.2. The van der Waals surface area contributed by atoms with Crippen LogP contribution in [-0.4, -0.2) is 49.1 Å². The third-order valence-electron chi connectivity index (χ3n) is 6.71. The van der Waals surface area contributed by atoms with Crippen LogP contribution in [0.15, 0.2) is 42.9 Å². The first kappa shape index (κ1) is 25.1. The number of amides is 1. The smallest absolute Gasteiger partial charge is 0.410 e. The van der Waals surface area contributed by atoms with Gasteiger partial charge in [-0.2, -0.15) is 5.10 Å². The molecular formula is C26H33FN8O2. The summed E-state index contributed by atoms with van der Waals surface area (Å²) in [5.74, 6) is 1.28. The van der Waals surface area contributed by atoms with Gasteiger partial charge in [-0.1, -0.05) is 19.1 Å². The van der Waals surface area contributed by atoms with Gasteiger partial charge in [-0.25, -0.2) is 34.7 Å². The van der Waals surface area contributed by atoms with Crippen LogP contribution >= 0.6 is 0 Å². The molecule has 3 unspecified atom stereocenters. The van der Waals surface area contributed by atoms with Crippen molar-refractivity contribution in [2.45, 2.75) is 64.9 Å². The monoisotopic (exact) mass is 508 g/mol. The second-order valence-electron chi connectivity index (χ2n) is 10.5. The molecule has 0 spiro atoms. The molecule has 196 valence electrons. The van der Waals surface area contributed by atoms with Crippen molar-refractivity contribution in [2.24, 2.45) is 5.92 Å². The Balaban J connectivity index is 1.29. The quantitative estimate of drug-likeness (QED) is 0.479. The standard InChI is InChI=1S/C26H33FN8O2/c1-5-19-23(16-6-8-18(27)9-7-16)32-33-24(19)31-21-12-22(29-15-28-21)35-20-10-11-34(14-17(20)13-30-35)25(36)37-26(2,3)4/h6-9,12-13,15,19,23-24,32-33H,5,10-11,14H2,1-4H3,(H,28,29,31). The zero-order valence-electron chi connectivity index (χ0n) is 21.5. The largest absolute Gasteiger partial charge is 0.444 e. The minimum atomic E-state index is -0.536. The summed E-state index contributed by atoms with van der Waals surface area (Å²) in [5, 5.41) is 8.03. The van der Waals surface area contributed by atoms with E-state index in [4.69, 9.17) is 4.74 Å². The number of hydrazine groups is 1. The highest BCUT2D eigenvalue weighted by atomic mass is 19.1. The fourth-order valence-corrected chi connectivity index (χ4v) is 4.91. The predicted molar refractivity (Wildman–Crippen MR) is 136 cm³/mol. The number of nitrogens with one attached hydrogen (secondary N) is 3. The Morgan fingerprint density at radius 3 is 2.73 bits per heavy atom. The van der Waals surface area contributed by atoms with E-state index in [0.29, 0.717) is 31.1 Å². The number of fused-ring (bicyclic) bond motifs is 1. The van der Waals surface area contributed by atoms with Crippen molar-refractivity contribution in [3.05, 3.63) is 65.5 Å². The molecule has 1 aromatic carbocycles. The number of nitrogens with zero attached hydrogens (tertiary/aromatic N) is 5. The lowest BCUT2D eigenvalue weighted by Crippen LogP contribution is -2.40. The van der Waals surface area contributed by atoms with Crippen molar-refractivity contribution in [1.29, 1.82) is 0 Å². The Kier molecular flexibility index (Phi) is 6.82. The summed E-state index contributed by atoms with van der Waals surface area (Å²) in [5.41, 5.74) is 9.14. The van der Waals surface area contributed by atoms with E-state index in [1.54, 1.807) is 11.1 Å². The Morgan fingerprint density at radius 2 is 2.00 bits per heavy atom.